The average molecular weight is 453 g/mol. The van der Waals surface area contributed by atoms with E-state index in [2.05, 4.69) is 26.2 Å². The molecular weight excluding hydrogens is 432 g/mol. The van der Waals surface area contributed by atoms with Gasteiger partial charge in [-0.25, -0.2) is 0 Å². The summed E-state index contributed by atoms with van der Waals surface area (Å²) >= 11 is 3.47. The fraction of sp³-hybridized carbons (Fsp3) is 0.174. The van der Waals surface area contributed by atoms with Gasteiger partial charge in [0, 0.05) is 33.6 Å². The van der Waals surface area contributed by atoms with E-state index >= 15 is 0 Å². The van der Waals surface area contributed by atoms with Crippen LogP contribution in [0.4, 0.5) is 0 Å². The molecule has 29 heavy (non-hydrogen) atoms. The van der Waals surface area contributed by atoms with Gasteiger partial charge >= 0.3 is 5.97 Å². The molecule has 148 valence electrons. The first-order valence-electron chi connectivity index (χ1n) is 9.37. The van der Waals surface area contributed by atoms with Crippen molar-refractivity contribution in [1.82, 2.24) is 10.3 Å². The van der Waals surface area contributed by atoms with E-state index < -0.39 is 12.0 Å². The summed E-state index contributed by atoms with van der Waals surface area (Å²) in [6.45, 7) is 2.37. The summed E-state index contributed by atoms with van der Waals surface area (Å²) in [5.74, 6) is 0.591. The van der Waals surface area contributed by atoms with Gasteiger partial charge in [-0.15, -0.1) is 0 Å². The molecule has 0 aliphatic rings. The minimum absolute atomic E-state index is 0.342. The number of carbonyl (C=O) groups is 1. The molecule has 3 N–H and O–H groups in total. The van der Waals surface area contributed by atoms with E-state index in [4.69, 9.17) is 4.42 Å². The zero-order valence-corrected chi connectivity index (χ0v) is 17.5. The number of H-pyrrole nitrogens is 1. The van der Waals surface area contributed by atoms with E-state index in [0.717, 1.165) is 37.8 Å². The predicted molar refractivity (Wildman–Crippen MR) is 117 cm³/mol. The van der Waals surface area contributed by atoms with Crippen molar-refractivity contribution in [3.63, 3.8) is 0 Å². The summed E-state index contributed by atoms with van der Waals surface area (Å²) in [5.41, 5.74) is 4.11. The Hall–Kier alpha value is -2.83. The number of aromatic amines is 1. The van der Waals surface area contributed by atoms with Gasteiger partial charge in [0.25, 0.3) is 0 Å². The summed E-state index contributed by atoms with van der Waals surface area (Å²) in [5, 5.41) is 13.8. The van der Waals surface area contributed by atoms with Crippen LogP contribution in [0.3, 0.4) is 0 Å². The molecule has 0 unspecified atom stereocenters. The highest BCUT2D eigenvalue weighted by Gasteiger charge is 2.20. The number of aryl methyl sites for hydroxylation is 1. The van der Waals surface area contributed by atoms with Crippen LogP contribution in [0.5, 0.6) is 0 Å². The number of para-hydroxylation sites is 1. The number of furan rings is 1. The second kappa shape index (κ2) is 8.27. The number of carboxylic acid groups (broad SMARTS) is 1. The van der Waals surface area contributed by atoms with E-state index in [1.54, 1.807) is 0 Å². The van der Waals surface area contributed by atoms with Gasteiger partial charge < -0.3 is 14.5 Å². The smallest absolute Gasteiger partial charge is 0.321 e. The Morgan fingerprint density at radius 2 is 2.03 bits per heavy atom. The van der Waals surface area contributed by atoms with Gasteiger partial charge in [-0.05, 0) is 54.4 Å². The lowest BCUT2D eigenvalue weighted by Crippen LogP contribution is -2.37. The molecule has 0 radical (unpaired) electrons. The standard InChI is InChI=1S/C23H21BrN2O3/c1-14-10-16(24)6-8-18(14)22-9-7-17(29-22)13-26-21(23(27)28)11-15-12-25-20-5-3-2-4-19(15)20/h2-10,12,21,25-26H,11,13H2,1H3,(H,27,28)/t21-/m1/s1. The van der Waals surface area contributed by atoms with Gasteiger partial charge in [-0.2, -0.15) is 0 Å². The van der Waals surface area contributed by atoms with Crippen molar-refractivity contribution in [2.75, 3.05) is 0 Å². The third kappa shape index (κ3) is 4.28. The number of hydrogen-bond donors (Lipinski definition) is 3. The molecule has 0 aliphatic carbocycles. The van der Waals surface area contributed by atoms with Gasteiger partial charge in [-0.3, -0.25) is 10.1 Å². The monoisotopic (exact) mass is 452 g/mol. The van der Waals surface area contributed by atoms with Gasteiger partial charge in [0.15, 0.2) is 0 Å². The van der Waals surface area contributed by atoms with Crippen molar-refractivity contribution in [2.45, 2.75) is 25.9 Å². The molecule has 4 aromatic rings. The fourth-order valence-corrected chi connectivity index (χ4v) is 3.99. The molecule has 0 aliphatic heterocycles. The van der Waals surface area contributed by atoms with Gasteiger partial charge in [0.2, 0.25) is 0 Å². The quantitative estimate of drug-likeness (QED) is 0.356. The molecule has 0 saturated carbocycles. The van der Waals surface area contributed by atoms with Crippen molar-refractivity contribution >= 4 is 32.8 Å². The normalized spacial score (nSPS) is 12.3. The molecular formula is C23H21BrN2O3. The second-order valence-corrected chi connectivity index (χ2v) is 7.98. The first-order chi connectivity index (χ1) is 14.0. The maximum absolute atomic E-state index is 11.8. The Bertz CT molecular complexity index is 1160. The SMILES string of the molecule is Cc1cc(Br)ccc1-c1ccc(CN[C@H](Cc2c[nH]c3ccccc23)C(=O)O)o1. The number of fused-ring (bicyclic) bond motifs is 1. The average Bonchev–Trinajstić information content (AvgIpc) is 3.32. The third-order valence-corrected chi connectivity index (χ3v) is 5.53. The highest BCUT2D eigenvalue weighted by atomic mass is 79.9. The number of halogens is 1. The minimum atomic E-state index is -0.884. The maximum atomic E-state index is 11.8. The molecule has 4 rings (SSSR count). The van der Waals surface area contributed by atoms with Crippen LogP contribution in [0.2, 0.25) is 0 Å². The summed E-state index contributed by atoms with van der Waals surface area (Å²) in [6.07, 6.45) is 2.27. The Labute approximate surface area is 176 Å². The van der Waals surface area contributed by atoms with Crippen molar-refractivity contribution in [1.29, 1.82) is 0 Å². The predicted octanol–water partition coefficient (Wildman–Crippen LogP) is 5.28. The zero-order chi connectivity index (χ0) is 20.4. The van der Waals surface area contributed by atoms with Crippen LogP contribution in [-0.2, 0) is 17.8 Å². The molecule has 0 bridgehead atoms. The molecule has 0 saturated heterocycles. The molecule has 0 amide bonds. The van der Waals surface area contributed by atoms with Crippen molar-refractivity contribution in [3.8, 4) is 11.3 Å². The van der Waals surface area contributed by atoms with E-state index in [1.165, 1.54) is 0 Å². The number of nitrogens with one attached hydrogen (secondary N) is 2. The third-order valence-electron chi connectivity index (χ3n) is 5.04. The first kappa shape index (κ1) is 19.5. The molecule has 2 aromatic carbocycles. The minimum Gasteiger partial charge on any atom is -0.480 e. The number of aliphatic carboxylic acids is 1. The molecule has 6 heteroatoms. The molecule has 1 atom stereocenters. The van der Waals surface area contributed by atoms with Crippen molar-refractivity contribution in [2.24, 2.45) is 0 Å². The maximum Gasteiger partial charge on any atom is 0.321 e. The van der Waals surface area contributed by atoms with Crippen LogP contribution in [0.15, 0.2) is 69.7 Å². The number of aromatic nitrogens is 1. The summed E-state index contributed by atoms with van der Waals surface area (Å²) in [7, 11) is 0. The Kier molecular flexibility index (Phi) is 5.56. The number of benzene rings is 2. The summed E-state index contributed by atoms with van der Waals surface area (Å²) in [4.78, 5) is 15.0. The summed E-state index contributed by atoms with van der Waals surface area (Å²) < 4.78 is 6.97. The summed E-state index contributed by atoms with van der Waals surface area (Å²) in [6, 6.07) is 17.0. The molecule has 5 nitrogen and oxygen atoms in total. The van der Waals surface area contributed by atoms with Gasteiger partial charge in [0.1, 0.15) is 17.6 Å². The molecule has 2 heterocycles. The lowest BCUT2D eigenvalue weighted by Gasteiger charge is -2.13. The van der Waals surface area contributed by atoms with Crippen molar-refractivity contribution < 1.29 is 14.3 Å². The Morgan fingerprint density at radius 1 is 1.21 bits per heavy atom. The highest BCUT2D eigenvalue weighted by molar-refractivity contribution is 9.10. The second-order valence-electron chi connectivity index (χ2n) is 7.06. The fourth-order valence-electron chi connectivity index (χ4n) is 3.51. The van der Waals surface area contributed by atoms with Crippen LogP contribution < -0.4 is 5.32 Å². The van der Waals surface area contributed by atoms with Crippen LogP contribution in [0.1, 0.15) is 16.9 Å². The number of carboxylic acids is 1. The van der Waals surface area contributed by atoms with Crippen LogP contribution in [0, 0.1) is 6.92 Å². The van der Waals surface area contributed by atoms with E-state index in [9.17, 15) is 9.90 Å². The molecule has 0 fully saturated rings. The van der Waals surface area contributed by atoms with E-state index in [1.807, 2.05) is 67.7 Å². The Morgan fingerprint density at radius 3 is 2.83 bits per heavy atom. The van der Waals surface area contributed by atoms with Crippen molar-refractivity contribution in [3.05, 3.63) is 82.2 Å². The topological polar surface area (TPSA) is 78.3 Å². The first-order valence-corrected chi connectivity index (χ1v) is 10.2. The van der Waals surface area contributed by atoms with Gasteiger partial charge in [-0.1, -0.05) is 34.1 Å². The largest absolute Gasteiger partial charge is 0.480 e. The van der Waals surface area contributed by atoms with E-state index in [0.29, 0.717) is 18.7 Å². The lowest BCUT2D eigenvalue weighted by molar-refractivity contribution is -0.139. The lowest BCUT2D eigenvalue weighted by atomic mass is 10.0. The number of rotatable bonds is 7. The van der Waals surface area contributed by atoms with Crippen LogP contribution >= 0.6 is 15.9 Å². The number of hydrogen-bond acceptors (Lipinski definition) is 3. The highest BCUT2D eigenvalue weighted by Crippen LogP contribution is 2.28. The zero-order valence-electron chi connectivity index (χ0n) is 15.9. The molecule has 2 aromatic heterocycles. The molecule has 0 spiro atoms. The van der Waals surface area contributed by atoms with Crippen LogP contribution in [0.25, 0.3) is 22.2 Å². The van der Waals surface area contributed by atoms with Gasteiger partial charge in [0.05, 0.1) is 6.54 Å². The van der Waals surface area contributed by atoms with Crippen LogP contribution in [-0.4, -0.2) is 22.1 Å². The van der Waals surface area contributed by atoms with E-state index in [-0.39, 0.29) is 0 Å². The Balaban J connectivity index is 1.46.